The molecule has 1 fully saturated rings. The van der Waals surface area contributed by atoms with Crippen LogP contribution in [0.25, 0.3) is 11.3 Å². The molecule has 0 atom stereocenters. The van der Waals surface area contributed by atoms with Crippen LogP contribution in [-0.2, 0) is 21.2 Å². The Kier molecular flexibility index (Phi) is 6.71. The summed E-state index contributed by atoms with van der Waals surface area (Å²) >= 11 is 0. The van der Waals surface area contributed by atoms with E-state index in [1.807, 2.05) is 0 Å². The van der Waals surface area contributed by atoms with Crippen LogP contribution in [0.15, 0.2) is 51.9 Å². The molecule has 1 aliphatic rings. The Bertz CT molecular complexity index is 1320. The molecule has 0 bridgehead atoms. The van der Waals surface area contributed by atoms with Gasteiger partial charge >= 0.3 is 0 Å². The van der Waals surface area contributed by atoms with Gasteiger partial charge in [-0.15, -0.1) is 0 Å². The van der Waals surface area contributed by atoms with Crippen molar-refractivity contribution in [3.8, 4) is 11.3 Å². The van der Waals surface area contributed by atoms with Crippen LogP contribution in [0, 0.1) is 23.3 Å². The molecular formula is C22H19F4N3O4S. The first-order valence-corrected chi connectivity index (χ1v) is 11.7. The molecule has 0 aliphatic carbocycles. The lowest BCUT2D eigenvalue weighted by atomic mass is 10.2. The fraction of sp³-hybridized carbons (Fsp3) is 0.273. The number of aromatic nitrogens is 1. The zero-order chi connectivity index (χ0) is 24.5. The van der Waals surface area contributed by atoms with Crippen LogP contribution in [-0.4, -0.2) is 54.7 Å². The molecule has 180 valence electrons. The van der Waals surface area contributed by atoms with Crippen molar-refractivity contribution in [1.29, 1.82) is 0 Å². The van der Waals surface area contributed by atoms with Crippen molar-refractivity contribution < 1.29 is 35.2 Å². The van der Waals surface area contributed by atoms with Gasteiger partial charge in [0.2, 0.25) is 15.9 Å². The van der Waals surface area contributed by atoms with Crippen LogP contribution in [0.2, 0.25) is 0 Å². The Morgan fingerprint density at radius 1 is 0.941 bits per heavy atom. The van der Waals surface area contributed by atoms with Gasteiger partial charge in [0.25, 0.3) is 0 Å². The number of hydrogen-bond acceptors (Lipinski definition) is 5. The Morgan fingerprint density at radius 3 is 2.32 bits per heavy atom. The van der Waals surface area contributed by atoms with E-state index in [2.05, 4.69) is 4.98 Å². The normalized spacial score (nSPS) is 15.0. The second kappa shape index (κ2) is 9.55. The van der Waals surface area contributed by atoms with E-state index >= 15 is 0 Å². The summed E-state index contributed by atoms with van der Waals surface area (Å²) < 4.78 is 86.1. The third-order valence-corrected chi connectivity index (χ3v) is 7.32. The van der Waals surface area contributed by atoms with E-state index in [1.54, 1.807) is 0 Å². The maximum Gasteiger partial charge on any atom is 0.246 e. The number of carbonyl (C=O) groups excluding carboxylic acids is 1. The predicted molar refractivity (Wildman–Crippen MR) is 112 cm³/mol. The van der Waals surface area contributed by atoms with E-state index < -0.39 is 38.2 Å². The fourth-order valence-electron chi connectivity index (χ4n) is 3.60. The van der Waals surface area contributed by atoms with Gasteiger partial charge in [-0.2, -0.15) is 4.31 Å². The summed E-state index contributed by atoms with van der Waals surface area (Å²) in [7, 11) is -4.25. The van der Waals surface area contributed by atoms with Crippen molar-refractivity contribution in [2.75, 3.05) is 26.2 Å². The summed E-state index contributed by atoms with van der Waals surface area (Å²) in [5.41, 5.74) is 0.0403. The summed E-state index contributed by atoms with van der Waals surface area (Å²) in [6.07, 6.45) is 1.41. The van der Waals surface area contributed by atoms with Crippen LogP contribution in [0.1, 0.15) is 12.3 Å². The van der Waals surface area contributed by atoms with Crippen LogP contribution in [0.5, 0.6) is 0 Å². The van der Waals surface area contributed by atoms with Crippen molar-refractivity contribution in [3.63, 3.8) is 0 Å². The predicted octanol–water partition coefficient (Wildman–Crippen LogP) is 3.36. The first kappa shape index (κ1) is 23.9. The molecule has 0 radical (unpaired) electrons. The number of benzene rings is 2. The Hall–Kier alpha value is -3.25. The number of amides is 1. The van der Waals surface area contributed by atoms with Gasteiger partial charge < -0.3 is 9.32 Å². The smallest absolute Gasteiger partial charge is 0.246 e. The van der Waals surface area contributed by atoms with E-state index in [9.17, 15) is 30.8 Å². The van der Waals surface area contributed by atoms with Crippen molar-refractivity contribution in [2.24, 2.45) is 0 Å². The lowest BCUT2D eigenvalue weighted by Crippen LogP contribution is -2.50. The third kappa shape index (κ3) is 4.97. The number of hydrogen-bond donors (Lipinski definition) is 0. The molecular weight excluding hydrogens is 478 g/mol. The van der Waals surface area contributed by atoms with Gasteiger partial charge in [0.05, 0.1) is 11.8 Å². The zero-order valence-electron chi connectivity index (χ0n) is 17.7. The van der Waals surface area contributed by atoms with E-state index in [1.165, 1.54) is 17.2 Å². The van der Waals surface area contributed by atoms with E-state index in [0.717, 1.165) is 28.6 Å². The third-order valence-electron chi connectivity index (χ3n) is 5.41. The molecule has 1 saturated heterocycles. The SMILES string of the molecule is O=C(CCc1ncc(-c2ccc(F)cc2F)o1)N1CCN(S(=O)(=O)c2cc(F)ccc2F)CC1. The highest BCUT2D eigenvalue weighted by molar-refractivity contribution is 7.89. The van der Waals surface area contributed by atoms with E-state index in [4.69, 9.17) is 4.42 Å². The number of sulfonamides is 1. The second-order valence-corrected chi connectivity index (χ2v) is 9.51. The Morgan fingerprint density at radius 2 is 1.62 bits per heavy atom. The summed E-state index contributed by atoms with van der Waals surface area (Å²) in [5, 5.41) is 0. The quantitative estimate of drug-likeness (QED) is 0.488. The molecule has 2 heterocycles. The highest BCUT2D eigenvalue weighted by Gasteiger charge is 2.32. The fourth-order valence-corrected chi connectivity index (χ4v) is 5.10. The molecule has 3 aromatic rings. The molecule has 2 aromatic carbocycles. The lowest BCUT2D eigenvalue weighted by Gasteiger charge is -2.34. The molecule has 4 rings (SSSR count). The maximum atomic E-state index is 13.9. The average molecular weight is 497 g/mol. The van der Waals surface area contributed by atoms with Crippen molar-refractivity contribution in [3.05, 3.63) is 71.8 Å². The monoisotopic (exact) mass is 497 g/mol. The lowest BCUT2D eigenvalue weighted by molar-refractivity contribution is -0.132. The van der Waals surface area contributed by atoms with E-state index in [0.29, 0.717) is 6.07 Å². The number of nitrogens with zero attached hydrogens (tertiary/aromatic N) is 3. The molecule has 0 N–H and O–H groups in total. The van der Waals surface area contributed by atoms with E-state index in [-0.39, 0.29) is 62.1 Å². The average Bonchev–Trinajstić information content (AvgIpc) is 3.27. The van der Waals surface area contributed by atoms with Gasteiger partial charge in [0, 0.05) is 45.1 Å². The molecule has 1 aliphatic heterocycles. The summed E-state index contributed by atoms with van der Waals surface area (Å²) in [4.78, 5) is 17.3. The first-order chi connectivity index (χ1) is 16.1. The zero-order valence-corrected chi connectivity index (χ0v) is 18.5. The maximum absolute atomic E-state index is 13.9. The largest absolute Gasteiger partial charge is 0.441 e. The molecule has 12 heteroatoms. The van der Waals surface area contributed by atoms with Gasteiger partial charge in [-0.1, -0.05) is 0 Å². The summed E-state index contributed by atoms with van der Waals surface area (Å²) in [5.74, 6) is -3.43. The minimum absolute atomic E-state index is 0.0110. The number of carbonyl (C=O) groups is 1. The standard InChI is InChI=1S/C22H19F4N3O4S/c23-14-1-3-16(18(26)11-14)19-13-27-21(33-19)5-6-22(30)28-7-9-29(10-8-28)34(31,32)20-12-15(24)2-4-17(20)25/h1-4,11-13H,5-10H2. The first-order valence-electron chi connectivity index (χ1n) is 10.3. The summed E-state index contributed by atoms with van der Waals surface area (Å²) in [6, 6.07) is 5.25. The number of aryl methyl sites for hydroxylation is 1. The highest BCUT2D eigenvalue weighted by atomic mass is 32.2. The molecule has 1 amide bonds. The molecule has 1 aromatic heterocycles. The Balaban J connectivity index is 1.33. The van der Waals surface area contributed by atoms with Gasteiger partial charge in [-0.3, -0.25) is 4.79 Å². The van der Waals surface area contributed by atoms with Crippen LogP contribution >= 0.6 is 0 Å². The van der Waals surface area contributed by atoms with Crippen molar-refractivity contribution in [1.82, 2.24) is 14.2 Å². The Labute approximate surface area is 192 Å². The number of piperazine rings is 1. The van der Waals surface area contributed by atoms with Crippen LogP contribution < -0.4 is 0 Å². The van der Waals surface area contributed by atoms with Crippen molar-refractivity contribution >= 4 is 15.9 Å². The number of halogens is 4. The summed E-state index contributed by atoms with van der Waals surface area (Å²) in [6.45, 7) is 0.00723. The van der Waals surface area contributed by atoms with Crippen molar-refractivity contribution in [2.45, 2.75) is 17.7 Å². The second-order valence-electron chi connectivity index (χ2n) is 7.60. The topological polar surface area (TPSA) is 83.7 Å². The number of rotatable bonds is 6. The minimum atomic E-state index is -4.25. The van der Waals surface area contributed by atoms with Gasteiger partial charge in [-0.05, 0) is 30.3 Å². The van der Waals surface area contributed by atoms with Gasteiger partial charge in [0.15, 0.2) is 11.7 Å². The highest BCUT2D eigenvalue weighted by Crippen LogP contribution is 2.25. The van der Waals surface area contributed by atoms with Crippen LogP contribution in [0.3, 0.4) is 0 Å². The molecule has 34 heavy (non-hydrogen) atoms. The molecule has 7 nitrogen and oxygen atoms in total. The number of oxazole rings is 1. The molecule has 0 saturated carbocycles. The van der Waals surface area contributed by atoms with Crippen LogP contribution in [0.4, 0.5) is 17.6 Å². The van der Waals surface area contributed by atoms with Gasteiger partial charge in [-0.25, -0.2) is 31.0 Å². The molecule has 0 spiro atoms. The minimum Gasteiger partial charge on any atom is -0.441 e. The van der Waals surface area contributed by atoms with Gasteiger partial charge in [0.1, 0.15) is 28.2 Å². The molecule has 0 unspecified atom stereocenters.